The summed E-state index contributed by atoms with van der Waals surface area (Å²) in [5.41, 5.74) is 0. The molecule has 0 aliphatic carbocycles. The molecule has 0 saturated carbocycles. The van der Waals surface area contributed by atoms with Crippen molar-refractivity contribution in [1.29, 1.82) is 0 Å². The predicted molar refractivity (Wildman–Crippen MR) is 375 cm³/mol. The van der Waals surface area contributed by atoms with Crippen LogP contribution in [-0.4, -0.2) is 528 Å². The standard InChI is InChI=1S/C68H114N4O50/c1-15-33(83)44(94)48(98)63(107-15)105-13-27-54(42(92)29(59(103)108-27)69-16(2)79)117-62-32(72-19(5)82)43(93)53(25(11-78)114-62)118-67-52(102)57(121-68-58(47(97)38(88)24(10-77)113-68)122-61-31(71-18(4)81)41(91)35(85)21(7-74)110-61)55(119-60-30(70-17(3)80)40(90)34(84)20(6-73)109-60)28(116-67)14-106-65-51(101)56(120-66-50(100)46(96)37(87)23(9-76)112-66)39(89)26(115-65)12-104-64-49(99)45(95)36(86)22(8-75)111-64/h15,20-68,73-78,83-103H,6-14H2,1-5H3,(H,69,79)(H,70,80)(H,71,81)(H,72,82)/t15-,20+,21+,22+,23+,24+,25+,26+,27+,28+,29+,30+,31+,32+,33+,34+,35+,36+,37+,38+,39+,40+,41+,42+,43+,44+,45-,46-,47-,48-,49-,50-,51-,52-,53+,54+,55+,56-,57+,58-,59-,60-,61-,62-,63+,64-,65-,66+,67-,68+/m0/s1. The zero-order chi connectivity index (χ0) is 89.8. The van der Waals surface area contributed by atoms with Crippen LogP contribution in [0.4, 0.5) is 0 Å². The van der Waals surface area contributed by atoms with Gasteiger partial charge < -0.3 is 249 Å². The Labute approximate surface area is 691 Å². The maximum Gasteiger partial charge on any atom is 0.217 e. The number of ether oxygens (including phenoxy) is 19. The maximum absolute atomic E-state index is 13.4. The van der Waals surface area contributed by atoms with E-state index in [1.165, 1.54) is 6.92 Å². The van der Waals surface area contributed by atoms with Gasteiger partial charge in [0.05, 0.1) is 65.6 Å². The van der Waals surface area contributed by atoms with Crippen LogP contribution in [0.2, 0.25) is 0 Å². The zero-order valence-corrected chi connectivity index (χ0v) is 65.7. The molecular formula is C68H114N4O50. The fourth-order valence-electron chi connectivity index (χ4n) is 15.7. The summed E-state index contributed by atoms with van der Waals surface area (Å²) in [5.74, 6) is -3.81. The Bertz CT molecular complexity index is 3290. The fourth-order valence-corrected chi connectivity index (χ4v) is 15.7. The number of amides is 4. The van der Waals surface area contributed by atoms with E-state index in [0.29, 0.717) is 0 Å². The molecule has 50 atom stereocenters. The highest BCUT2D eigenvalue weighted by Crippen LogP contribution is 2.41. The molecule has 54 heteroatoms. The Balaban J connectivity index is 1.08. The number of hydrogen-bond acceptors (Lipinski definition) is 50. The van der Waals surface area contributed by atoms with E-state index in [-0.39, 0.29) is 0 Å². The van der Waals surface area contributed by atoms with E-state index >= 15 is 0 Å². The molecule has 54 nitrogen and oxygen atoms in total. The van der Waals surface area contributed by atoms with Crippen LogP contribution >= 0.6 is 0 Å². The van der Waals surface area contributed by atoms with Gasteiger partial charge in [0.15, 0.2) is 62.9 Å². The van der Waals surface area contributed by atoms with Crippen molar-refractivity contribution < 1.29 is 247 Å². The van der Waals surface area contributed by atoms with Crippen LogP contribution in [0.15, 0.2) is 0 Å². The van der Waals surface area contributed by atoms with Crippen LogP contribution in [0.5, 0.6) is 0 Å². The normalized spacial score (nSPS) is 49.7. The summed E-state index contributed by atoms with van der Waals surface area (Å²) in [5, 5.41) is 312. The van der Waals surface area contributed by atoms with Gasteiger partial charge in [-0.2, -0.15) is 0 Å². The second-order valence-corrected chi connectivity index (χ2v) is 31.0. The second kappa shape index (κ2) is 43.6. The first-order chi connectivity index (χ1) is 57.6. The number of carbonyl (C=O) groups is 4. The molecule has 706 valence electrons. The number of nitrogens with one attached hydrogen (secondary N) is 4. The van der Waals surface area contributed by atoms with Gasteiger partial charge in [-0.1, -0.05) is 0 Å². The van der Waals surface area contributed by atoms with E-state index in [9.17, 15) is 157 Å². The molecule has 31 N–H and O–H groups in total. The highest BCUT2D eigenvalue weighted by Gasteiger charge is 2.62. The van der Waals surface area contributed by atoms with E-state index in [4.69, 9.17) is 90.0 Å². The average molecular weight is 1790 g/mol. The lowest BCUT2D eigenvalue weighted by Crippen LogP contribution is -2.71. The average Bonchev–Trinajstić information content (AvgIpc) is 0.753. The first kappa shape index (κ1) is 100. The molecule has 0 aromatic carbocycles. The molecule has 10 fully saturated rings. The maximum atomic E-state index is 13.4. The van der Waals surface area contributed by atoms with Gasteiger partial charge in [0.2, 0.25) is 23.6 Å². The van der Waals surface area contributed by atoms with Crippen LogP contribution in [0.25, 0.3) is 0 Å². The molecule has 0 aromatic rings. The lowest BCUT2D eigenvalue weighted by atomic mass is 9.93. The van der Waals surface area contributed by atoms with Crippen LogP contribution in [-0.2, 0) is 109 Å². The molecule has 122 heavy (non-hydrogen) atoms. The third-order valence-corrected chi connectivity index (χ3v) is 22.4. The molecule has 10 aliphatic heterocycles. The third kappa shape index (κ3) is 22.2. The summed E-state index contributed by atoms with van der Waals surface area (Å²) in [6.45, 7) is -5.15. The smallest absolute Gasteiger partial charge is 0.217 e. The van der Waals surface area contributed by atoms with Gasteiger partial charge in [-0.15, -0.1) is 0 Å². The third-order valence-electron chi connectivity index (χ3n) is 22.4. The van der Waals surface area contributed by atoms with E-state index in [1.807, 2.05) is 0 Å². The molecule has 0 radical (unpaired) electrons. The molecule has 0 spiro atoms. The van der Waals surface area contributed by atoms with Crippen LogP contribution in [0, 0.1) is 0 Å². The van der Waals surface area contributed by atoms with Gasteiger partial charge in [0, 0.05) is 27.7 Å². The minimum atomic E-state index is -2.75. The van der Waals surface area contributed by atoms with Crippen molar-refractivity contribution >= 4 is 23.6 Å². The van der Waals surface area contributed by atoms with Gasteiger partial charge in [-0.3, -0.25) is 19.2 Å². The van der Waals surface area contributed by atoms with Crippen molar-refractivity contribution in [2.45, 2.75) is 341 Å². The van der Waals surface area contributed by atoms with Gasteiger partial charge in [-0.05, 0) is 6.92 Å². The molecule has 0 unspecified atom stereocenters. The summed E-state index contributed by atoms with van der Waals surface area (Å²) in [6.07, 6.45) is -98.3. The topological polar surface area (TPSA) is 838 Å². The fraction of sp³-hybridized carbons (Fsp3) is 0.941. The Hall–Kier alpha value is -3.96. The Morgan fingerprint density at radius 3 is 0.992 bits per heavy atom. The Morgan fingerprint density at radius 2 is 0.516 bits per heavy atom. The molecular weight excluding hydrogens is 1670 g/mol. The van der Waals surface area contributed by atoms with Gasteiger partial charge in [-0.25, -0.2) is 0 Å². The Kier molecular flexibility index (Phi) is 35.8. The van der Waals surface area contributed by atoms with Crippen molar-refractivity contribution in [2.75, 3.05) is 59.5 Å². The molecule has 10 aliphatic rings. The quantitative estimate of drug-likeness (QED) is 0.0306. The van der Waals surface area contributed by atoms with Crippen LogP contribution in [0.1, 0.15) is 34.6 Å². The summed E-state index contributed by atoms with van der Waals surface area (Å²) in [4.78, 5) is 51.8. The minimum Gasteiger partial charge on any atom is -0.394 e. The second-order valence-electron chi connectivity index (χ2n) is 31.0. The molecule has 0 aromatic heterocycles. The van der Waals surface area contributed by atoms with Gasteiger partial charge in [0.25, 0.3) is 0 Å². The zero-order valence-electron chi connectivity index (χ0n) is 65.7. The first-order valence-corrected chi connectivity index (χ1v) is 39.0. The first-order valence-electron chi connectivity index (χ1n) is 39.0. The number of aliphatic hydroxyl groups is 27. The molecule has 10 saturated heterocycles. The van der Waals surface area contributed by atoms with Crippen molar-refractivity contribution in [2.24, 2.45) is 0 Å². The highest BCUT2D eigenvalue weighted by molar-refractivity contribution is 5.74. The summed E-state index contributed by atoms with van der Waals surface area (Å²) < 4.78 is 115. The SMILES string of the molecule is CC(=O)N[C@@H]1[C@@H](O)[C@H](O[C@@H]2O[C@H](CO)[C@@H](O[C@@H]3O[C@H](CO[C@H]4O[C@H](CO[C@H]5O[C@H](CO)[C@@H](O)[C@H](O)[C@@H]5O)[C@@H](O)[C@H](O[C@H]5O[C@H](CO)[C@@H](O)[C@H](O)[C@@H]5O)[C@@H]4O)[C@@H](O[C@@H]4O[C@H](CO)[C@@H](O)[C@H](O)[C@H]4NC(C)=O)[C@H](O[C@H]4O[C@H](CO)[C@@H](O)[C@H](O)[C@@H]4O[C@@H]4O[C@H](CO)[C@@H](O)[C@H](O)[C@H]4NC(C)=O)[C@@H]3O)[C@H](O)[C@H]2NC(C)=O)[C@@H](CO[C@@H]2O[C@@H](C)[C@@H](O)[C@@H](O)[C@@H]2O)O[C@@H]1O. The molecule has 10 rings (SSSR count). The number of hydrogen-bond donors (Lipinski definition) is 31. The van der Waals surface area contributed by atoms with Crippen molar-refractivity contribution in [1.82, 2.24) is 21.3 Å². The Morgan fingerprint density at radius 1 is 0.230 bits per heavy atom. The lowest BCUT2D eigenvalue weighted by Gasteiger charge is -2.52. The number of carbonyl (C=O) groups excluding carboxylic acids is 4. The number of rotatable bonds is 31. The minimum absolute atomic E-state index is 0.863. The van der Waals surface area contributed by atoms with Crippen molar-refractivity contribution in [3.63, 3.8) is 0 Å². The van der Waals surface area contributed by atoms with Crippen molar-refractivity contribution in [3.8, 4) is 0 Å². The van der Waals surface area contributed by atoms with Crippen molar-refractivity contribution in [3.05, 3.63) is 0 Å². The van der Waals surface area contributed by atoms with Crippen LogP contribution in [0.3, 0.4) is 0 Å². The highest BCUT2D eigenvalue weighted by atomic mass is 16.8. The summed E-state index contributed by atoms with van der Waals surface area (Å²) in [6, 6.07) is -7.78. The van der Waals surface area contributed by atoms with E-state index in [0.717, 1.165) is 27.7 Å². The largest absolute Gasteiger partial charge is 0.394 e. The number of aliphatic hydroxyl groups excluding tert-OH is 27. The monoisotopic (exact) mass is 1790 g/mol. The lowest BCUT2D eigenvalue weighted by molar-refractivity contribution is -0.407. The van der Waals surface area contributed by atoms with Crippen LogP contribution < -0.4 is 21.3 Å². The molecule has 10 heterocycles. The molecule has 4 amide bonds. The summed E-state index contributed by atoms with van der Waals surface area (Å²) >= 11 is 0. The summed E-state index contributed by atoms with van der Waals surface area (Å²) in [7, 11) is 0. The van der Waals surface area contributed by atoms with Gasteiger partial charge >= 0.3 is 0 Å². The van der Waals surface area contributed by atoms with E-state index in [1.54, 1.807) is 0 Å². The van der Waals surface area contributed by atoms with E-state index < -0.39 is 390 Å². The van der Waals surface area contributed by atoms with E-state index in [2.05, 4.69) is 21.3 Å². The van der Waals surface area contributed by atoms with Gasteiger partial charge in [0.1, 0.15) is 238 Å². The molecule has 0 bridgehead atoms. The predicted octanol–water partition coefficient (Wildman–Crippen LogP) is -21.2.